The number of hydrogen-bond donors (Lipinski definition) is 4. The van der Waals surface area contributed by atoms with Crippen molar-refractivity contribution in [3.05, 3.63) is 97.1 Å². The van der Waals surface area contributed by atoms with Crippen molar-refractivity contribution < 1.29 is 42.1 Å². The zero-order valence-corrected chi connectivity index (χ0v) is 31.9. The molecular formula is C34H35N10O9P2S+. The molecule has 3 aliphatic rings. The number of ether oxygens (including phenoxy) is 2. The van der Waals surface area contributed by atoms with Crippen molar-refractivity contribution in [1.82, 2.24) is 39.0 Å². The van der Waals surface area contributed by atoms with Crippen LogP contribution in [0.3, 0.4) is 0 Å². The van der Waals surface area contributed by atoms with Gasteiger partial charge in [-0.05, 0) is 22.9 Å². The second-order valence-corrected chi connectivity index (χ2v) is 16.9. The molecule has 9 atom stereocenters. The minimum atomic E-state index is -4.10. The molecule has 7 heterocycles. The summed E-state index contributed by atoms with van der Waals surface area (Å²) in [5, 5.41) is 18.0. The van der Waals surface area contributed by atoms with Crippen LogP contribution in [0, 0.1) is 0 Å². The first kappa shape index (κ1) is 37.2. The maximum atomic E-state index is 13.3. The highest BCUT2D eigenvalue weighted by Crippen LogP contribution is 2.51. The van der Waals surface area contributed by atoms with Crippen LogP contribution in [0.15, 0.2) is 86.0 Å². The van der Waals surface area contributed by atoms with Crippen LogP contribution in [-0.2, 0) is 57.0 Å². The minimum absolute atomic E-state index is 0.195. The fourth-order valence-electron chi connectivity index (χ4n) is 6.88. The van der Waals surface area contributed by atoms with Gasteiger partial charge in [-0.3, -0.25) is 13.7 Å². The van der Waals surface area contributed by atoms with Gasteiger partial charge in [-0.2, -0.15) is 0 Å². The molecule has 56 heavy (non-hydrogen) atoms. The zero-order chi connectivity index (χ0) is 38.2. The monoisotopic (exact) mass is 821 g/mol. The van der Waals surface area contributed by atoms with E-state index in [0.29, 0.717) is 47.1 Å². The van der Waals surface area contributed by atoms with E-state index in [1.165, 1.54) is 19.0 Å². The third kappa shape index (κ3) is 7.66. The molecule has 6 aromatic rings. The highest BCUT2D eigenvalue weighted by atomic mass is 32.5. The highest BCUT2D eigenvalue weighted by molar-refractivity contribution is 8.07. The van der Waals surface area contributed by atoms with E-state index in [2.05, 4.69) is 40.5 Å². The molecule has 22 heteroatoms. The number of anilines is 2. The van der Waals surface area contributed by atoms with E-state index in [1.54, 1.807) is 15.5 Å². The maximum absolute atomic E-state index is 13.3. The number of benzene rings is 2. The standard InChI is InChI=1S/C34H34N10O9P2S/c45-28-24-14-48-54(46)52-22-11-25(43-18-41-26-30(37-16-39-32(26)43)35-12-20-7-3-1-4-8-20)50-23(22)15-49-55(47,56)53-29(28)34(51-24)44-19-42-27-31(38-17-40-33(27)44)36-13-21-9-5-2-6-10-21/h1-10,16-19,22-25,28-29,34,45H,11-15H2,(H2-,35,36,37,38,39,40,47,56)/p+1/t22-,23+,24+,25+,28+,29+,34+,55?/m0/s1. The number of aliphatic hydroxyl groups excluding tert-OH is 1. The Morgan fingerprint density at radius 2 is 1.39 bits per heavy atom. The van der Waals surface area contributed by atoms with E-state index in [4.69, 9.17) is 39.4 Å². The second kappa shape index (κ2) is 15.8. The van der Waals surface area contributed by atoms with E-state index >= 15 is 0 Å². The van der Waals surface area contributed by atoms with Gasteiger partial charge in [-0.15, -0.1) is 9.05 Å². The van der Waals surface area contributed by atoms with E-state index in [9.17, 15) is 14.6 Å². The zero-order valence-electron chi connectivity index (χ0n) is 29.3. The summed E-state index contributed by atoms with van der Waals surface area (Å²) in [5.74, 6) is 1.02. The molecule has 9 rings (SSSR count). The summed E-state index contributed by atoms with van der Waals surface area (Å²) in [6.45, 7) is -3.73. The first-order valence-electron chi connectivity index (χ1n) is 17.6. The molecule has 19 nitrogen and oxygen atoms in total. The topological polar surface area (TPSA) is 224 Å². The molecule has 4 aromatic heterocycles. The summed E-state index contributed by atoms with van der Waals surface area (Å²) < 4.78 is 52.3. The van der Waals surface area contributed by atoms with E-state index in [-0.39, 0.29) is 19.6 Å². The maximum Gasteiger partial charge on any atom is 0.697 e. The fraction of sp³-hybridized carbons (Fsp3) is 0.353. The van der Waals surface area contributed by atoms with Crippen LogP contribution < -0.4 is 10.6 Å². The Balaban J connectivity index is 0.927. The summed E-state index contributed by atoms with van der Waals surface area (Å²) in [4.78, 5) is 38.0. The Hall–Kier alpha value is -4.43. The molecule has 0 amide bonds. The number of hydrogen-bond acceptors (Lipinski definition) is 17. The molecule has 2 bridgehead atoms. The third-order valence-electron chi connectivity index (χ3n) is 9.62. The Morgan fingerprint density at radius 1 is 0.786 bits per heavy atom. The smallest absolute Gasteiger partial charge is 0.387 e. The molecule has 0 saturated carbocycles. The van der Waals surface area contributed by atoms with Crippen molar-refractivity contribution >= 4 is 60.7 Å². The Morgan fingerprint density at radius 3 is 2.04 bits per heavy atom. The van der Waals surface area contributed by atoms with E-state index in [0.717, 1.165) is 11.1 Å². The normalized spacial score (nSPS) is 29.0. The Kier molecular flexibility index (Phi) is 10.5. The summed E-state index contributed by atoms with van der Waals surface area (Å²) in [6, 6.07) is 19.7. The molecule has 2 unspecified atom stereocenters. The number of aromatic nitrogens is 8. The molecule has 4 N–H and O–H groups in total. The predicted molar refractivity (Wildman–Crippen MR) is 202 cm³/mol. The highest BCUT2D eigenvalue weighted by Gasteiger charge is 2.51. The van der Waals surface area contributed by atoms with E-state index in [1.807, 2.05) is 60.7 Å². The van der Waals surface area contributed by atoms with Crippen LogP contribution >= 0.6 is 15.0 Å². The van der Waals surface area contributed by atoms with Crippen LogP contribution in [0.4, 0.5) is 11.6 Å². The average molecular weight is 822 g/mol. The third-order valence-corrected chi connectivity index (χ3v) is 12.0. The number of nitrogens with one attached hydrogen (secondary N) is 2. The molecule has 3 aliphatic heterocycles. The van der Waals surface area contributed by atoms with Crippen molar-refractivity contribution in [2.45, 2.75) is 62.5 Å². The molecule has 0 aliphatic carbocycles. The number of fused-ring (bicyclic) bond motifs is 5. The first-order valence-corrected chi connectivity index (χ1v) is 21.3. The summed E-state index contributed by atoms with van der Waals surface area (Å²) in [5.41, 5.74) is 3.92. The lowest BCUT2D eigenvalue weighted by Crippen LogP contribution is -2.35. The van der Waals surface area contributed by atoms with Crippen LogP contribution in [-0.4, -0.2) is 92.8 Å². The average Bonchev–Trinajstić information content (AvgIpc) is 4.00. The van der Waals surface area contributed by atoms with Gasteiger partial charge in [0.2, 0.25) is 0 Å². The predicted octanol–water partition coefficient (Wildman–Crippen LogP) is 4.13. The van der Waals surface area contributed by atoms with Gasteiger partial charge in [0.25, 0.3) is 0 Å². The lowest BCUT2D eigenvalue weighted by atomic mass is 10.1. The molecular weight excluding hydrogens is 786 g/mol. The van der Waals surface area contributed by atoms with Gasteiger partial charge in [0.15, 0.2) is 40.2 Å². The molecule has 290 valence electrons. The summed E-state index contributed by atoms with van der Waals surface area (Å²) in [6.07, 6.45) is -1.21. The van der Waals surface area contributed by atoms with E-state index < -0.39 is 57.9 Å². The molecule has 2 aromatic carbocycles. The van der Waals surface area contributed by atoms with Gasteiger partial charge >= 0.3 is 15.0 Å². The summed E-state index contributed by atoms with van der Waals surface area (Å²) in [7, 11) is -2.75. The van der Waals surface area contributed by atoms with Crippen molar-refractivity contribution in [3.63, 3.8) is 0 Å². The summed E-state index contributed by atoms with van der Waals surface area (Å²) >= 11 is 5.45. The van der Waals surface area contributed by atoms with Gasteiger partial charge in [-0.25, -0.2) is 29.9 Å². The molecule has 0 spiro atoms. The quantitative estimate of drug-likeness (QED) is 0.158. The van der Waals surface area contributed by atoms with Crippen molar-refractivity contribution in [1.29, 1.82) is 0 Å². The van der Waals surface area contributed by atoms with Gasteiger partial charge in [0, 0.05) is 24.1 Å². The van der Waals surface area contributed by atoms with Crippen LogP contribution in [0.25, 0.3) is 22.3 Å². The molecule has 0 radical (unpaired) electrons. The van der Waals surface area contributed by atoms with Gasteiger partial charge in [-0.1, -0.05) is 60.7 Å². The van der Waals surface area contributed by atoms with Gasteiger partial charge < -0.3 is 34.6 Å². The van der Waals surface area contributed by atoms with Crippen molar-refractivity contribution in [3.8, 4) is 0 Å². The molecule has 3 saturated heterocycles. The number of rotatable bonds is 8. The number of nitrogens with zero attached hydrogens (tertiary/aromatic N) is 8. The Bertz CT molecular complexity index is 2400. The lowest BCUT2D eigenvalue weighted by molar-refractivity contribution is -0.0579. The first-order chi connectivity index (χ1) is 27.3. The van der Waals surface area contributed by atoms with Crippen LogP contribution in [0.1, 0.15) is 30.0 Å². The fourth-order valence-corrected chi connectivity index (χ4v) is 9.06. The SMILES string of the molecule is O=[P+]1OC[C@H]2O[C@@H](n3cnc4c(NCc5ccccc5)ncnc43)[C@H](OP(O)(=S)OC[C@H]3O[C@@H](n4cnc5c(NCc6ccccc6)ncnc54)C[C@@H]3O1)[C@@H]2O. The van der Waals surface area contributed by atoms with Crippen molar-refractivity contribution in [2.75, 3.05) is 23.8 Å². The van der Waals surface area contributed by atoms with Gasteiger partial charge in [0.1, 0.15) is 56.0 Å². The second-order valence-electron chi connectivity index (χ2n) is 13.2. The van der Waals surface area contributed by atoms with Crippen molar-refractivity contribution in [2.24, 2.45) is 0 Å². The number of imidazole rings is 2. The lowest BCUT2D eigenvalue weighted by Gasteiger charge is -2.27. The minimum Gasteiger partial charge on any atom is -0.387 e. The van der Waals surface area contributed by atoms with Crippen LogP contribution in [0.5, 0.6) is 0 Å². The van der Waals surface area contributed by atoms with Crippen LogP contribution in [0.2, 0.25) is 0 Å². The molecule has 3 fully saturated rings. The largest absolute Gasteiger partial charge is 0.697 e. The Labute approximate surface area is 324 Å². The number of aliphatic hydroxyl groups is 1. The van der Waals surface area contributed by atoms with Gasteiger partial charge in [0.05, 0.1) is 19.3 Å².